The molecule has 0 aromatic carbocycles. The lowest BCUT2D eigenvalue weighted by Crippen LogP contribution is -2.34. The van der Waals surface area contributed by atoms with Crippen molar-refractivity contribution < 1.29 is 14.0 Å². The molecule has 0 bridgehead atoms. The fourth-order valence-corrected chi connectivity index (χ4v) is 2.62. The summed E-state index contributed by atoms with van der Waals surface area (Å²) >= 11 is 1.21. The first-order valence-electron chi connectivity index (χ1n) is 6.68. The van der Waals surface area contributed by atoms with E-state index >= 15 is 0 Å². The molecule has 0 saturated carbocycles. The van der Waals surface area contributed by atoms with E-state index in [9.17, 15) is 9.59 Å². The van der Waals surface area contributed by atoms with E-state index < -0.39 is 0 Å². The number of rotatable bonds is 6. The number of hydrogen-bond acceptors (Lipinski definition) is 6. The van der Waals surface area contributed by atoms with E-state index in [2.05, 4.69) is 15.6 Å². The molecule has 0 spiro atoms. The van der Waals surface area contributed by atoms with Gasteiger partial charge in [-0.25, -0.2) is 4.98 Å². The van der Waals surface area contributed by atoms with E-state index in [4.69, 9.17) is 4.42 Å². The van der Waals surface area contributed by atoms with Crippen molar-refractivity contribution in [1.29, 1.82) is 0 Å². The number of carbonyl (C=O) groups excluding carboxylic acids is 2. The van der Waals surface area contributed by atoms with Crippen LogP contribution in [0.25, 0.3) is 0 Å². The highest BCUT2D eigenvalue weighted by Gasteiger charge is 2.19. The minimum Gasteiger partial charge on any atom is -0.468 e. The van der Waals surface area contributed by atoms with Gasteiger partial charge in [0.2, 0.25) is 5.91 Å². The van der Waals surface area contributed by atoms with Crippen molar-refractivity contribution in [2.75, 3.05) is 26.0 Å². The number of hydrogen-bond donors (Lipinski definition) is 2. The maximum absolute atomic E-state index is 12.1. The van der Waals surface area contributed by atoms with Gasteiger partial charge in [0.25, 0.3) is 5.91 Å². The van der Waals surface area contributed by atoms with Crippen molar-refractivity contribution in [2.45, 2.75) is 13.0 Å². The molecule has 0 radical (unpaired) electrons. The molecule has 2 rings (SSSR count). The molecule has 2 amide bonds. The highest BCUT2D eigenvalue weighted by molar-refractivity contribution is 7.14. The van der Waals surface area contributed by atoms with Crippen LogP contribution in [0.5, 0.6) is 0 Å². The second kappa shape index (κ2) is 7.19. The minimum absolute atomic E-state index is 0.0626. The Morgan fingerprint density at radius 1 is 1.45 bits per heavy atom. The summed E-state index contributed by atoms with van der Waals surface area (Å²) in [5, 5.41) is 7.40. The molecular weight excluding hydrogens is 304 g/mol. The number of thiazole rings is 1. The summed E-state index contributed by atoms with van der Waals surface area (Å²) in [7, 11) is 3.83. The van der Waals surface area contributed by atoms with Crippen LogP contribution >= 0.6 is 11.3 Å². The average molecular weight is 322 g/mol. The highest BCUT2D eigenvalue weighted by atomic mass is 32.1. The number of nitrogens with one attached hydrogen (secondary N) is 2. The third kappa shape index (κ3) is 4.15. The lowest BCUT2D eigenvalue weighted by molar-refractivity contribution is -0.114. The van der Waals surface area contributed by atoms with E-state index in [0.29, 0.717) is 11.7 Å². The number of likely N-dealkylation sites (N-methyl/N-ethyl adjacent to an activating group) is 1. The molecule has 2 aromatic heterocycles. The summed E-state index contributed by atoms with van der Waals surface area (Å²) < 4.78 is 5.39. The molecule has 8 heteroatoms. The van der Waals surface area contributed by atoms with Crippen molar-refractivity contribution in [3.05, 3.63) is 35.2 Å². The van der Waals surface area contributed by atoms with E-state index in [-0.39, 0.29) is 23.6 Å². The lowest BCUT2D eigenvalue weighted by atomic mass is 10.2. The van der Waals surface area contributed by atoms with E-state index in [1.807, 2.05) is 31.1 Å². The Labute approximate surface area is 132 Å². The first kappa shape index (κ1) is 16.2. The largest absolute Gasteiger partial charge is 0.468 e. The van der Waals surface area contributed by atoms with Gasteiger partial charge in [-0.2, -0.15) is 0 Å². The zero-order valence-corrected chi connectivity index (χ0v) is 13.4. The maximum atomic E-state index is 12.1. The van der Waals surface area contributed by atoms with E-state index in [0.717, 1.165) is 5.76 Å². The van der Waals surface area contributed by atoms with Gasteiger partial charge in [-0.1, -0.05) is 0 Å². The second-order valence-corrected chi connectivity index (χ2v) is 5.78. The number of anilines is 1. The van der Waals surface area contributed by atoms with Crippen LogP contribution in [0, 0.1) is 0 Å². The van der Waals surface area contributed by atoms with Crippen LogP contribution < -0.4 is 10.6 Å². The minimum atomic E-state index is -0.286. The normalized spacial score (nSPS) is 12.2. The van der Waals surface area contributed by atoms with Crippen LogP contribution in [0.15, 0.2) is 28.2 Å². The predicted octanol–water partition coefficient (Wildman–Crippen LogP) is 1.73. The zero-order chi connectivity index (χ0) is 16.1. The Balaban J connectivity index is 1.96. The Kier molecular flexibility index (Phi) is 5.29. The summed E-state index contributed by atoms with van der Waals surface area (Å²) in [6, 6.07) is 3.62. The van der Waals surface area contributed by atoms with Crippen LogP contribution in [-0.4, -0.2) is 42.3 Å². The lowest BCUT2D eigenvalue weighted by Gasteiger charge is -2.22. The van der Waals surface area contributed by atoms with Crippen LogP contribution in [0.1, 0.15) is 29.2 Å². The maximum Gasteiger partial charge on any atom is 0.270 e. The van der Waals surface area contributed by atoms with Gasteiger partial charge in [0, 0.05) is 18.8 Å². The van der Waals surface area contributed by atoms with Gasteiger partial charge in [-0.15, -0.1) is 11.3 Å². The van der Waals surface area contributed by atoms with Crippen molar-refractivity contribution in [3.63, 3.8) is 0 Å². The molecular formula is C14H18N4O3S. The van der Waals surface area contributed by atoms with Gasteiger partial charge in [0.1, 0.15) is 11.5 Å². The molecule has 2 aromatic rings. The third-order valence-corrected chi connectivity index (χ3v) is 3.73. The molecule has 2 N–H and O–H groups in total. The SMILES string of the molecule is CC(=O)Nc1nc(C(=O)NCC(c2ccco2)N(C)C)cs1. The molecule has 0 aliphatic carbocycles. The number of furan rings is 1. The summed E-state index contributed by atoms with van der Waals surface area (Å²) in [5.74, 6) is 0.278. The molecule has 0 saturated heterocycles. The van der Waals surface area contributed by atoms with Gasteiger partial charge < -0.3 is 15.1 Å². The number of carbonyl (C=O) groups is 2. The Hall–Kier alpha value is -2.19. The molecule has 22 heavy (non-hydrogen) atoms. The van der Waals surface area contributed by atoms with E-state index in [1.165, 1.54) is 18.3 Å². The summed E-state index contributed by atoms with van der Waals surface area (Å²) in [6.07, 6.45) is 1.60. The molecule has 7 nitrogen and oxygen atoms in total. The van der Waals surface area contributed by atoms with Crippen molar-refractivity contribution in [2.24, 2.45) is 0 Å². The molecule has 1 unspecified atom stereocenters. The Bertz CT molecular complexity index is 636. The number of amides is 2. The van der Waals surface area contributed by atoms with Crippen molar-refractivity contribution in [3.8, 4) is 0 Å². The standard InChI is InChI=1S/C14H18N4O3S/c1-9(19)16-14-17-10(8-22-14)13(20)15-7-11(18(2)3)12-5-4-6-21-12/h4-6,8,11H,7H2,1-3H3,(H,15,20)(H,16,17,19). The Morgan fingerprint density at radius 3 is 2.82 bits per heavy atom. The molecule has 0 aliphatic heterocycles. The van der Waals surface area contributed by atoms with Crippen LogP contribution in [0.4, 0.5) is 5.13 Å². The predicted molar refractivity (Wildman–Crippen MR) is 83.9 cm³/mol. The molecule has 0 aliphatic rings. The fourth-order valence-electron chi connectivity index (χ4n) is 1.88. The zero-order valence-electron chi connectivity index (χ0n) is 12.6. The summed E-state index contributed by atoms with van der Waals surface area (Å²) in [4.78, 5) is 29.1. The number of nitrogens with zero attached hydrogens (tertiary/aromatic N) is 2. The fraction of sp³-hybridized carbons (Fsp3) is 0.357. The topological polar surface area (TPSA) is 87.5 Å². The van der Waals surface area contributed by atoms with Gasteiger partial charge >= 0.3 is 0 Å². The summed E-state index contributed by atoms with van der Waals surface area (Å²) in [6.45, 7) is 1.79. The van der Waals surface area contributed by atoms with Crippen LogP contribution in [-0.2, 0) is 4.79 Å². The van der Waals surface area contributed by atoms with Crippen molar-refractivity contribution in [1.82, 2.24) is 15.2 Å². The Morgan fingerprint density at radius 2 is 2.23 bits per heavy atom. The number of aromatic nitrogens is 1. The smallest absolute Gasteiger partial charge is 0.270 e. The van der Waals surface area contributed by atoms with Crippen LogP contribution in [0.2, 0.25) is 0 Å². The van der Waals surface area contributed by atoms with E-state index in [1.54, 1.807) is 11.6 Å². The van der Waals surface area contributed by atoms with Gasteiger partial charge in [-0.3, -0.25) is 14.5 Å². The highest BCUT2D eigenvalue weighted by Crippen LogP contribution is 2.18. The molecule has 0 fully saturated rings. The second-order valence-electron chi connectivity index (χ2n) is 4.92. The van der Waals surface area contributed by atoms with Crippen LogP contribution in [0.3, 0.4) is 0 Å². The first-order chi connectivity index (χ1) is 10.5. The van der Waals surface area contributed by atoms with Gasteiger partial charge in [0.15, 0.2) is 5.13 Å². The quantitative estimate of drug-likeness (QED) is 0.845. The van der Waals surface area contributed by atoms with Crippen molar-refractivity contribution >= 4 is 28.3 Å². The third-order valence-electron chi connectivity index (χ3n) is 2.97. The molecule has 118 valence electrons. The molecule has 2 heterocycles. The van der Waals surface area contributed by atoms with Gasteiger partial charge in [0.05, 0.1) is 12.3 Å². The first-order valence-corrected chi connectivity index (χ1v) is 7.56. The average Bonchev–Trinajstić information content (AvgIpc) is 3.09. The molecule has 1 atom stereocenters. The monoisotopic (exact) mass is 322 g/mol. The summed E-state index contributed by atoms with van der Waals surface area (Å²) in [5.41, 5.74) is 0.283. The van der Waals surface area contributed by atoms with Gasteiger partial charge in [-0.05, 0) is 26.2 Å².